The minimum Gasteiger partial charge on any atom is -0.345 e. The molecule has 18 heavy (non-hydrogen) atoms. The summed E-state index contributed by atoms with van der Waals surface area (Å²) in [6.45, 7) is 4.33. The number of carbonyl (C=O) groups is 2. The molecule has 4 nitrogen and oxygen atoms in total. The van der Waals surface area contributed by atoms with Gasteiger partial charge < -0.3 is 10.2 Å². The monoisotopic (exact) mass is 270 g/mol. The summed E-state index contributed by atoms with van der Waals surface area (Å²) in [5.41, 5.74) is 0. The standard InChI is InChI=1S/C13H22N2O2S/c1-3-11-13(17)14-8-12(16)15(11)9-5-6-10(7-9)18-4-2/h9-11H,3-8H2,1-2H3,(H,14,17). The van der Waals surface area contributed by atoms with E-state index < -0.39 is 0 Å². The van der Waals surface area contributed by atoms with Crippen molar-refractivity contribution < 1.29 is 9.59 Å². The first kappa shape index (κ1) is 13.7. The second kappa shape index (κ2) is 5.95. The molecule has 2 amide bonds. The van der Waals surface area contributed by atoms with Crippen LogP contribution in [0.4, 0.5) is 0 Å². The molecule has 2 rings (SSSR count). The van der Waals surface area contributed by atoms with Gasteiger partial charge in [-0.3, -0.25) is 9.59 Å². The summed E-state index contributed by atoms with van der Waals surface area (Å²) in [6.07, 6.45) is 3.98. The molecule has 3 atom stereocenters. The van der Waals surface area contributed by atoms with E-state index in [1.165, 1.54) is 6.42 Å². The Morgan fingerprint density at radius 2 is 2.11 bits per heavy atom. The minimum absolute atomic E-state index is 0.0173. The molecule has 1 saturated heterocycles. The lowest BCUT2D eigenvalue weighted by Gasteiger charge is -2.38. The van der Waals surface area contributed by atoms with Crippen LogP contribution in [0.15, 0.2) is 0 Å². The van der Waals surface area contributed by atoms with Crippen molar-refractivity contribution in [3.05, 3.63) is 0 Å². The van der Waals surface area contributed by atoms with Crippen molar-refractivity contribution in [2.45, 2.75) is 56.9 Å². The Kier molecular flexibility index (Phi) is 4.54. The first-order chi connectivity index (χ1) is 8.67. The normalized spacial score (nSPS) is 32.8. The third-order valence-electron chi connectivity index (χ3n) is 3.88. The molecular weight excluding hydrogens is 248 g/mol. The molecule has 0 aromatic rings. The lowest BCUT2D eigenvalue weighted by molar-refractivity contribution is -0.148. The van der Waals surface area contributed by atoms with Crippen LogP contribution in [-0.4, -0.2) is 46.3 Å². The van der Waals surface area contributed by atoms with Gasteiger partial charge in [-0.1, -0.05) is 13.8 Å². The number of piperazine rings is 1. The summed E-state index contributed by atoms with van der Waals surface area (Å²) in [6, 6.07) is 0.0270. The number of rotatable bonds is 4. The number of carbonyl (C=O) groups excluding carboxylic acids is 2. The lowest BCUT2D eigenvalue weighted by Crippen LogP contribution is -2.60. The molecule has 2 aliphatic rings. The molecule has 3 unspecified atom stereocenters. The molecule has 0 radical (unpaired) electrons. The lowest BCUT2D eigenvalue weighted by atomic mass is 10.0. The smallest absolute Gasteiger partial charge is 0.243 e. The Morgan fingerprint density at radius 3 is 2.78 bits per heavy atom. The highest BCUT2D eigenvalue weighted by Gasteiger charge is 2.40. The van der Waals surface area contributed by atoms with Gasteiger partial charge in [-0.25, -0.2) is 0 Å². The van der Waals surface area contributed by atoms with Crippen molar-refractivity contribution in [3.63, 3.8) is 0 Å². The molecule has 2 fully saturated rings. The van der Waals surface area contributed by atoms with Crippen molar-refractivity contribution in [3.8, 4) is 0 Å². The van der Waals surface area contributed by atoms with Crippen LogP contribution in [0.25, 0.3) is 0 Å². The molecule has 0 bridgehead atoms. The van der Waals surface area contributed by atoms with E-state index in [2.05, 4.69) is 12.2 Å². The van der Waals surface area contributed by atoms with Crippen LogP contribution in [0.3, 0.4) is 0 Å². The summed E-state index contributed by atoms with van der Waals surface area (Å²) >= 11 is 1.98. The van der Waals surface area contributed by atoms with Crippen LogP contribution in [0.5, 0.6) is 0 Å². The van der Waals surface area contributed by atoms with Gasteiger partial charge in [0.2, 0.25) is 11.8 Å². The maximum atomic E-state index is 12.1. The SMILES string of the molecule is CCSC1CCC(N2C(=O)CNC(=O)C2CC)C1. The van der Waals surface area contributed by atoms with Crippen molar-refractivity contribution in [2.75, 3.05) is 12.3 Å². The highest BCUT2D eigenvalue weighted by Crippen LogP contribution is 2.34. The quantitative estimate of drug-likeness (QED) is 0.840. The fraction of sp³-hybridized carbons (Fsp3) is 0.846. The fourth-order valence-corrected chi connectivity index (χ4v) is 4.20. The Hall–Kier alpha value is -0.710. The largest absolute Gasteiger partial charge is 0.345 e. The van der Waals surface area contributed by atoms with Crippen LogP contribution in [-0.2, 0) is 9.59 Å². The zero-order valence-electron chi connectivity index (χ0n) is 11.1. The van der Waals surface area contributed by atoms with Gasteiger partial charge in [0.15, 0.2) is 0 Å². The summed E-state index contributed by atoms with van der Waals surface area (Å²) in [5.74, 6) is 1.24. The number of amides is 2. The van der Waals surface area contributed by atoms with Gasteiger partial charge in [-0.2, -0.15) is 11.8 Å². The topological polar surface area (TPSA) is 49.4 Å². The maximum Gasteiger partial charge on any atom is 0.243 e. The summed E-state index contributed by atoms with van der Waals surface area (Å²) in [4.78, 5) is 25.8. The molecule has 0 spiro atoms. The second-order valence-electron chi connectivity index (χ2n) is 4.99. The number of hydrogen-bond acceptors (Lipinski definition) is 3. The van der Waals surface area contributed by atoms with Crippen molar-refractivity contribution in [1.82, 2.24) is 10.2 Å². The highest BCUT2D eigenvalue weighted by molar-refractivity contribution is 7.99. The third-order valence-corrected chi connectivity index (χ3v) is 5.11. The Labute approximate surface area is 113 Å². The number of nitrogens with zero attached hydrogens (tertiary/aromatic N) is 1. The number of nitrogens with one attached hydrogen (secondary N) is 1. The predicted molar refractivity (Wildman–Crippen MR) is 73.5 cm³/mol. The van der Waals surface area contributed by atoms with Crippen molar-refractivity contribution in [1.29, 1.82) is 0 Å². The van der Waals surface area contributed by atoms with Gasteiger partial charge in [0.05, 0.1) is 6.54 Å². The zero-order chi connectivity index (χ0) is 13.1. The molecule has 1 aliphatic heterocycles. The van der Waals surface area contributed by atoms with E-state index in [4.69, 9.17) is 0 Å². The van der Waals surface area contributed by atoms with Gasteiger partial charge in [0, 0.05) is 11.3 Å². The first-order valence-electron chi connectivity index (χ1n) is 6.87. The summed E-state index contributed by atoms with van der Waals surface area (Å²) in [7, 11) is 0. The second-order valence-corrected chi connectivity index (χ2v) is 6.56. The van der Waals surface area contributed by atoms with Gasteiger partial charge in [-0.05, 0) is 31.4 Å². The van der Waals surface area contributed by atoms with Gasteiger partial charge in [0.25, 0.3) is 0 Å². The summed E-state index contributed by atoms with van der Waals surface area (Å²) in [5, 5.41) is 3.35. The predicted octanol–water partition coefficient (Wildman–Crippen LogP) is 1.40. The molecule has 1 N–H and O–H groups in total. The molecule has 1 saturated carbocycles. The van der Waals surface area contributed by atoms with E-state index in [0.717, 1.165) is 18.6 Å². The minimum atomic E-state index is -0.248. The molecule has 1 aliphatic carbocycles. The highest BCUT2D eigenvalue weighted by atomic mass is 32.2. The molecular formula is C13H22N2O2S. The van der Waals surface area contributed by atoms with Crippen LogP contribution in [0, 0.1) is 0 Å². The third kappa shape index (κ3) is 2.66. The van der Waals surface area contributed by atoms with Crippen LogP contribution in [0.2, 0.25) is 0 Å². The Bertz CT molecular complexity index is 335. The average molecular weight is 270 g/mol. The van der Waals surface area contributed by atoms with Gasteiger partial charge in [0.1, 0.15) is 6.04 Å². The van der Waals surface area contributed by atoms with E-state index in [9.17, 15) is 9.59 Å². The Morgan fingerprint density at radius 1 is 1.33 bits per heavy atom. The van der Waals surface area contributed by atoms with Gasteiger partial charge in [-0.15, -0.1) is 0 Å². The first-order valence-corrected chi connectivity index (χ1v) is 7.92. The fourth-order valence-electron chi connectivity index (χ4n) is 3.07. The average Bonchev–Trinajstić information content (AvgIpc) is 2.80. The van der Waals surface area contributed by atoms with Crippen LogP contribution < -0.4 is 5.32 Å². The number of hydrogen-bond donors (Lipinski definition) is 1. The van der Waals surface area contributed by atoms with Gasteiger partial charge >= 0.3 is 0 Å². The van der Waals surface area contributed by atoms with Crippen molar-refractivity contribution >= 4 is 23.6 Å². The zero-order valence-corrected chi connectivity index (χ0v) is 12.0. The molecule has 5 heteroatoms. The van der Waals surface area contributed by atoms with E-state index in [-0.39, 0.29) is 30.4 Å². The van der Waals surface area contributed by atoms with E-state index >= 15 is 0 Å². The maximum absolute atomic E-state index is 12.1. The Balaban J connectivity index is 2.05. The molecule has 102 valence electrons. The molecule has 1 heterocycles. The molecule has 0 aromatic carbocycles. The molecule has 0 aromatic heterocycles. The van der Waals surface area contributed by atoms with Crippen molar-refractivity contribution in [2.24, 2.45) is 0 Å². The van der Waals surface area contributed by atoms with E-state index in [1.807, 2.05) is 23.6 Å². The van der Waals surface area contributed by atoms with Crippen LogP contribution >= 0.6 is 11.8 Å². The van der Waals surface area contributed by atoms with E-state index in [1.54, 1.807) is 0 Å². The van der Waals surface area contributed by atoms with E-state index in [0.29, 0.717) is 11.7 Å². The number of thioether (sulfide) groups is 1. The van der Waals surface area contributed by atoms with Crippen LogP contribution in [0.1, 0.15) is 39.5 Å². The summed E-state index contributed by atoms with van der Waals surface area (Å²) < 4.78 is 0.